The SMILES string of the molecule is CCn1cc(S(=O)(=O)NC(C)c2ccco2)c(N)n1. The summed E-state index contributed by atoms with van der Waals surface area (Å²) in [7, 11) is -3.72. The monoisotopic (exact) mass is 284 g/mol. The summed E-state index contributed by atoms with van der Waals surface area (Å²) in [6.45, 7) is 4.09. The molecule has 19 heavy (non-hydrogen) atoms. The molecule has 8 heteroatoms. The van der Waals surface area contributed by atoms with E-state index in [9.17, 15) is 8.42 Å². The molecule has 1 atom stereocenters. The van der Waals surface area contributed by atoms with Gasteiger partial charge in [0.15, 0.2) is 5.82 Å². The molecular weight excluding hydrogens is 268 g/mol. The molecule has 0 spiro atoms. The van der Waals surface area contributed by atoms with E-state index in [0.29, 0.717) is 12.3 Å². The zero-order valence-corrected chi connectivity index (χ0v) is 11.5. The summed E-state index contributed by atoms with van der Waals surface area (Å²) in [5.74, 6) is 0.519. The smallest absolute Gasteiger partial charge is 0.246 e. The highest BCUT2D eigenvalue weighted by Gasteiger charge is 2.24. The van der Waals surface area contributed by atoms with Gasteiger partial charge in [-0.1, -0.05) is 0 Å². The van der Waals surface area contributed by atoms with Gasteiger partial charge in [0.1, 0.15) is 10.7 Å². The maximum atomic E-state index is 12.2. The average Bonchev–Trinajstić information content (AvgIpc) is 2.96. The number of nitrogen functional groups attached to an aromatic ring is 1. The molecule has 0 aliphatic carbocycles. The van der Waals surface area contributed by atoms with Crippen molar-refractivity contribution in [1.29, 1.82) is 0 Å². The second-order valence-corrected chi connectivity index (χ2v) is 5.78. The molecule has 0 bridgehead atoms. The summed E-state index contributed by atoms with van der Waals surface area (Å²) in [6, 6.07) is 2.92. The number of aryl methyl sites for hydroxylation is 1. The maximum Gasteiger partial charge on any atom is 0.246 e. The van der Waals surface area contributed by atoms with Gasteiger partial charge in [0, 0.05) is 12.7 Å². The van der Waals surface area contributed by atoms with Crippen LogP contribution >= 0.6 is 0 Å². The number of furan rings is 1. The molecule has 7 nitrogen and oxygen atoms in total. The number of aromatic nitrogens is 2. The Kier molecular flexibility index (Phi) is 3.63. The van der Waals surface area contributed by atoms with Crippen LogP contribution in [0.3, 0.4) is 0 Å². The second-order valence-electron chi connectivity index (χ2n) is 4.09. The van der Waals surface area contributed by atoms with Crippen molar-refractivity contribution >= 4 is 15.8 Å². The van der Waals surface area contributed by atoms with E-state index in [1.807, 2.05) is 6.92 Å². The minimum Gasteiger partial charge on any atom is -0.468 e. The first-order chi connectivity index (χ1) is 8.94. The summed E-state index contributed by atoms with van der Waals surface area (Å²) in [4.78, 5) is -0.0206. The number of hydrogen-bond donors (Lipinski definition) is 2. The summed E-state index contributed by atoms with van der Waals surface area (Å²) in [5, 5.41) is 3.92. The van der Waals surface area contributed by atoms with Crippen molar-refractivity contribution < 1.29 is 12.8 Å². The van der Waals surface area contributed by atoms with E-state index in [-0.39, 0.29) is 10.7 Å². The van der Waals surface area contributed by atoms with Gasteiger partial charge in [-0.15, -0.1) is 0 Å². The Morgan fingerprint density at radius 2 is 2.32 bits per heavy atom. The van der Waals surface area contributed by atoms with Crippen LogP contribution < -0.4 is 10.5 Å². The van der Waals surface area contributed by atoms with E-state index < -0.39 is 16.1 Å². The van der Waals surface area contributed by atoms with Gasteiger partial charge in [-0.25, -0.2) is 13.1 Å². The highest BCUT2D eigenvalue weighted by Crippen LogP contribution is 2.20. The van der Waals surface area contributed by atoms with E-state index >= 15 is 0 Å². The first-order valence-corrected chi connectivity index (χ1v) is 7.31. The van der Waals surface area contributed by atoms with Crippen LogP contribution in [0.25, 0.3) is 0 Å². The van der Waals surface area contributed by atoms with Crippen LogP contribution in [0.5, 0.6) is 0 Å². The van der Waals surface area contributed by atoms with Crippen LogP contribution in [-0.2, 0) is 16.6 Å². The molecule has 104 valence electrons. The first kappa shape index (κ1) is 13.6. The topological polar surface area (TPSA) is 103 Å². The van der Waals surface area contributed by atoms with Crippen molar-refractivity contribution in [3.63, 3.8) is 0 Å². The molecule has 0 saturated carbocycles. The molecule has 0 aliphatic rings. The second kappa shape index (κ2) is 5.06. The molecule has 2 aromatic heterocycles. The lowest BCUT2D eigenvalue weighted by molar-refractivity contribution is 0.459. The Bertz CT molecular complexity index is 646. The van der Waals surface area contributed by atoms with Crippen LogP contribution in [0.15, 0.2) is 33.9 Å². The molecule has 2 aromatic rings. The molecule has 0 radical (unpaired) electrons. The van der Waals surface area contributed by atoms with E-state index in [4.69, 9.17) is 10.2 Å². The van der Waals surface area contributed by atoms with Gasteiger partial charge >= 0.3 is 0 Å². The predicted octanol–water partition coefficient (Wildman–Crippen LogP) is 1.12. The molecule has 2 rings (SSSR count). The zero-order valence-electron chi connectivity index (χ0n) is 10.7. The number of nitrogens with zero attached hydrogens (tertiary/aromatic N) is 2. The number of nitrogens with one attached hydrogen (secondary N) is 1. The molecule has 0 fully saturated rings. The number of hydrogen-bond acceptors (Lipinski definition) is 5. The van der Waals surface area contributed by atoms with Gasteiger partial charge < -0.3 is 10.2 Å². The third-order valence-corrected chi connectivity index (χ3v) is 4.23. The van der Waals surface area contributed by atoms with E-state index in [0.717, 1.165) is 0 Å². The Hall–Kier alpha value is -1.80. The van der Waals surface area contributed by atoms with E-state index in [2.05, 4.69) is 9.82 Å². The number of anilines is 1. The summed E-state index contributed by atoms with van der Waals surface area (Å²) >= 11 is 0. The van der Waals surface area contributed by atoms with Gasteiger partial charge in [-0.05, 0) is 26.0 Å². The minimum absolute atomic E-state index is 0.0130. The molecule has 2 heterocycles. The molecule has 0 aliphatic heterocycles. The van der Waals surface area contributed by atoms with Gasteiger partial charge in [0.2, 0.25) is 10.0 Å². The van der Waals surface area contributed by atoms with Crippen LogP contribution in [0.1, 0.15) is 25.6 Å². The molecular formula is C11H16N4O3S. The molecule has 0 amide bonds. The molecule has 0 aromatic carbocycles. The highest BCUT2D eigenvalue weighted by atomic mass is 32.2. The zero-order chi connectivity index (χ0) is 14.0. The maximum absolute atomic E-state index is 12.2. The normalized spacial score (nSPS) is 13.6. The number of nitrogens with two attached hydrogens (primary N) is 1. The minimum atomic E-state index is -3.72. The molecule has 0 saturated heterocycles. The van der Waals surface area contributed by atoms with Gasteiger partial charge in [-0.3, -0.25) is 4.68 Å². The summed E-state index contributed by atoms with van der Waals surface area (Å²) < 4.78 is 33.5. The van der Waals surface area contributed by atoms with Gasteiger partial charge in [0.05, 0.1) is 12.3 Å². The highest BCUT2D eigenvalue weighted by molar-refractivity contribution is 7.89. The van der Waals surface area contributed by atoms with Crippen molar-refractivity contribution in [1.82, 2.24) is 14.5 Å². The van der Waals surface area contributed by atoms with Crippen molar-refractivity contribution in [3.8, 4) is 0 Å². The number of sulfonamides is 1. The fraction of sp³-hybridized carbons (Fsp3) is 0.364. The van der Waals surface area contributed by atoms with Crippen molar-refractivity contribution in [3.05, 3.63) is 30.4 Å². The third kappa shape index (κ3) is 2.79. The largest absolute Gasteiger partial charge is 0.468 e. The lowest BCUT2D eigenvalue weighted by atomic mass is 10.3. The standard InChI is InChI=1S/C11H16N4O3S/c1-3-15-7-10(11(12)13-15)19(16,17)14-8(2)9-5-4-6-18-9/h4-8,14H,3H2,1-2H3,(H2,12,13). The van der Waals surface area contributed by atoms with Crippen LogP contribution in [-0.4, -0.2) is 18.2 Å². The Morgan fingerprint density at radius 3 is 2.84 bits per heavy atom. The summed E-state index contributed by atoms with van der Waals surface area (Å²) in [5.41, 5.74) is 5.62. The van der Waals surface area contributed by atoms with E-state index in [1.165, 1.54) is 17.1 Å². The van der Waals surface area contributed by atoms with E-state index in [1.54, 1.807) is 19.1 Å². The Labute approximate surface area is 111 Å². The average molecular weight is 284 g/mol. The first-order valence-electron chi connectivity index (χ1n) is 5.82. The fourth-order valence-corrected chi connectivity index (χ4v) is 2.96. The predicted molar refractivity (Wildman–Crippen MR) is 69.8 cm³/mol. The Morgan fingerprint density at radius 1 is 1.58 bits per heavy atom. The van der Waals surface area contributed by atoms with Crippen LogP contribution in [0.2, 0.25) is 0 Å². The number of rotatable bonds is 5. The van der Waals surface area contributed by atoms with Gasteiger partial charge in [0.25, 0.3) is 0 Å². The quantitative estimate of drug-likeness (QED) is 0.856. The van der Waals surface area contributed by atoms with Crippen molar-refractivity contribution in [2.75, 3.05) is 5.73 Å². The fourth-order valence-electron chi connectivity index (χ4n) is 1.68. The summed E-state index contributed by atoms with van der Waals surface area (Å²) in [6.07, 6.45) is 2.90. The van der Waals surface area contributed by atoms with Gasteiger partial charge in [-0.2, -0.15) is 5.10 Å². The third-order valence-electron chi connectivity index (χ3n) is 2.67. The van der Waals surface area contributed by atoms with Crippen LogP contribution in [0.4, 0.5) is 5.82 Å². The van der Waals surface area contributed by atoms with Crippen molar-refractivity contribution in [2.45, 2.75) is 31.3 Å². The molecule has 1 unspecified atom stereocenters. The van der Waals surface area contributed by atoms with Crippen molar-refractivity contribution in [2.24, 2.45) is 0 Å². The lowest BCUT2D eigenvalue weighted by Crippen LogP contribution is -2.27. The Balaban J connectivity index is 2.25. The lowest BCUT2D eigenvalue weighted by Gasteiger charge is -2.11. The van der Waals surface area contributed by atoms with Crippen LogP contribution in [0, 0.1) is 0 Å². The molecule has 3 N–H and O–H groups in total.